The van der Waals surface area contributed by atoms with Crippen LogP contribution >= 0.6 is 11.6 Å². The molecule has 1 N–H and O–H groups in total. The van der Waals surface area contributed by atoms with Gasteiger partial charge >= 0.3 is 0 Å². The van der Waals surface area contributed by atoms with Crippen molar-refractivity contribution in [1.29, 1.82) is 5.26 Å². The number of hydrogen-bond acceptors (Lipinski definition) is 2. The second-order valence-corrected chi connectivity index (χ2v) is 3.90. The highest BCUT2D eigenvalue weighted by Gasteiger charge is 2.04. The highest BCUT2D eigenvalue weighted by atomic mass is 35.5. The van der Waals surface area contributed by atoms with Crippen molar-refractivity contribution in [3.8, 4) is 6.07 Å². The van der Waals surface area contributed by atoms with Crippen molar-refractivity contribution in [3.05, 3.63) is 52.6 Å². The maximum Gasteiger partial charge on any atom is 0.161 e. The van der Waals surface area contributed by atoms with Crippen molar-refractivity contribution in [2.75, 3.05) is 0 Å². The number of hydrogen-bond donors (Lipinski definition) is 1. The van der Waals surface area contributed by atoms with E-state index in [-0.39, 0.29) is 0 Å². The molecule has 0 radical (unpaired) electrons. The summed E-state index contributed by atoms with van der Waals surface area (Å²) in [7, 11) is 0. The second-order valence-electron chi connectivity index (χ2n) is 3.47. The Bertz CT molecular complexity index is 508. The molecule has 0 aliphatic heterocycles. The fourth-order valence-electron chi connectivity index (χ4n) is 1.53. The van der Waals surface area contributed by atoms with Gasteiger partial charge in [-0.2, -0.15) is 5.26 Å². The molecule has 0 unspecified atom stereocenters. The molecule has 4 heteroatoms. The summed E-state index contributed by atoms with van der Waals surface area (Å²) in [5, 5.41) is 9.53. The zero-order valence-corrected chi connectivity index (χ0v) is 9.33. The lowest BCUT2D eigenvalue weighted by molar-refractivity contribution is 0.921. The molecule has 0 saturated heterocycles. The second kappa shape index (κ2) is 4.82. The summed E-state index contributed by atoms with van der Waals surface area (Å²) in [6.45, 7) is 0. The summed E-state index contributed by atoms with van der Waals surface area (Å²) in [5.41, 5.74) is 2.56. The van der Waals surface area contributed by atoms with E-state index in [1.807, 2.05) is 24.3 Å². The van der Waals surface area contributed by atoms with Gasteiger partial charge in [0.15, 0.2) is 5.69 Å². The minimum atomic E-state index is 0.481. The maximum atomic E-state index is 8.79. The summed E-state index contributed by atoms with van der Waals surface area (Å²) in [4.78, 5) is 6.90. The molecule has 2 aromatic rings. The molecule has 1 aromatic carbocycles. The van der Waals surface area contributed by atoms with Gasteiger partial charge in [0.2, 0.25) is 0 Å². The average Bonchev–Trinajstić information content (AvgIpc) is 2.76. The Morgan fingerprint density at radius 3 is 2.69 bits per heavy atom. The van der Waals surface area contributed by atoms with Crippen LogP contribution in [0.5, 0.6) is 0 Å². The summed E-state index contributed by atoms with van der Waals surface area (Å²) in [5.74, 6) is 0. The first-order chi connectivity index (χ1) is 7.79. The highest BCUT2D eigenvalue weighted by molar-refractivity contribution is 6.30. The van der Waals surface area contributed by atoms with Gasteiger partial charge in [0.05, 0.1) is 12.0 Å². The number of H-pyrrole nitrogens is 1. The van der Waals surface area contributed by atoms with E-state index in [9.17, 15) is 0 Å². The molecule has 0 spiro atoms. The largest absolute Gasteiger partial charge is 0.347 e. The first kappa shape index (κ1) is 10.7. The van der Waals surface area contributed by atoms with Gasteiger partial charge in [-0.25, -0.2) is 4.98 Å². The Labute approximate surface area is 98.7 Å². The Morgan fingerprint density at radius 1 is 1.25 bits per heavy atom. The first-order valence-electron chi connectivity index (χ1n) is 4.96. The van der Waals surface area contributed by atoms with Gasteiger partial charge in [0, 0.05) is 5.02 Å². The van der Waals surface area contributed by atoms with E-state index >= 15 is 0 Å². The van der Waals surface area contributed by atoms with Crippen LogP contribution in [0.3, 0.4) is 0 Å². The molecule has 1 aromatic heterocycles. The van der Waals surface area contributed by atoms with Crippen LogP contribution in [0, 0.1) is 11.3 Å². The minimum Gasteiger partial charge on any atom is -0.347 e. The number of rotatable bonds is 3. The van der Waals surface area contributed by atoms with Crippen LogP contribution in [0.25, 0.3) is 0 Å². The van der Waals surface area contributed by atoms with Gasteiger partial charge < -0.3 is 4.98 Å². The molecule has 1 heterocycles. The third kappa shape index (κ3) is 2.41. The Balaban J connectivity index is 2.03. The van der Waals surface area contributed by atoms with E-state index in [2.05, 4.69) is 16.0 Å². The quantitative estimate of drug-likeness (QED) is 0.883. The van der Waals surface area contributed by atoms with Crippen molar-refractivity contribution in [2.24, 2.45) is 0 Å². The van der Waals surface area contributed by atoms with E-state index in [4.69, 9.17) is 16.9 Å². The zero-order valence-electron chi connectivity index (χ0n) is 8.57. The number of aryl methyl sites for hydroxylation is 2. The standard InChI is InChI=1S/C12H10ClN3/c13-10-4-1-9(2-5-10)3-6-11-12(7-14)16-8-15-11/h1-2,4-5,8H,3,6H2,(H,15,16). The van der Waals surface area contributed by atoms with Crippen molar-refractivity contribution in [2.45, 2.75) is 12.8 Å². The molecule has 0 bridgehead atoms. The normalized spacial score (nSPS) is 10.0. The lowest BCUT2D eigenvalue weighted by atomic mass is 10.1. The van der Waals surface area contributed by atoms with Gasteiger partial charge in [-0.05, 0) is 30.5 Å². The number of nitriles is 1. The molecule has 3 nitrogen and oxygen atoms in total. The molecule has 0 amide bonds. The summed E-state index contributed by atoms with van der Waals surface area (Å²) < 4.78 is 0. The molecule has 0 saturated carbocycles. The van der Waals surface area contributed by atoms with Crippen LogP contribution in [0.2, 0.25) is 5.02 Å². The molecule has 16 heavy (non-hydrogen) atoms. The predicted octanol–water partition coefficient (Wildman–Crippen LogP) is 2.72. The summed E-state index contributed by atoms with van der Waals surface area (Å²) >= 11 is 5.80. The monoisotopic (exact) mass is 231 g/mol. The number of nitrogens with zero attached hydrogens (tertiary/aromatic N) is 2. The highest BCUT2D eigenvalue weighted by Crippen LogP contribution is 2.12. The third-order valence-corrected chi connectivity index (χ3v) is 2.65. The first-order valence-corrected chi connectivity index (χ1v) is 5.34. The van der Waals surface area contributed by atoms with Gasteiger partial charge in [0.25, 0.3) is 0 Å². The van der Waals surface area contributed by atoms with Gasteiger partial charge in [-0.1, -0.05) is 23.7 Å². The summed E-state index contributed by atoms with van der Waals surface area (Å²) in [6.07, 6.45) is 3.20. The molecule has 80 valence electrons. The number of benzene rings is 1. The van der Waals surface area contributed by atoms with Gasteiger partial charge in [-0.15, -0.1) is 0 Å². The molecule has 0 atom stereocenters. The van der Waals surface area contributed by atoms with E-state index in [0.29, 0.717) is 5.69 Å². The molecule has 0 aliphatic rings. The predicted molar refractivity (Wildman–Crippen MR) is 62.2 cm³/mol. The van der Waals surface area contributed by atoms with Crippen LogP contribution in [0.15, 0.2) is 30.6 Å². The Hall–Kier alpha value is -1.79. The lowest BCUT2D eigenvalue weighted by Crippen LogP contribution is -1.94. The van der Waals surface area contributed by atoms with Crippen LogP contribution in [-0.4, -0.2) is 9.97 Å². The molecular formula is C12H10ClN3. The summed E-state index contributed by atoms with van der Waals surface area (Å²) in [6, 6.07) is 9.78. The maximum absolute atomic E-state index is 8.79. The van der Waals surface area contributed by atoms with Crippen molar-refractivity contribution in [1.82, 2.24) is 9.97 Å². The molecule has 0 aliphatic carbocycles. The molecule has 2 rings (SSSR count). The number of imidazole rings is 1. The third-order valence-electron chi connectivity index (χ3n) is 2.40. The van der Waals surface area contributed by atoms with Crippen molar-refractivity contribution < 1.29 is 0 Å². The number of nitrogens with one attached hydrogen (secondary N) is 1. The van der Waals surface area contributed by atoms with E-state index < -0.39 is 0 Å². The number of aromatic amines is 1. The van der Waals surface area contributed by atoms with E-state index in [0.717, 1.165) is 23.6 Å². The molecule has 0 fully saturated rings. The van der Waals surface area contributed by atoms with Gasteiger partial charge in [0.1, 0.15) is 6.07 Å². The Morgan fingerprint density at radius 2 is 2.00 bits per heavy atom. The van der Waals surface area contributed by atoms with E-state index in [1.54, 1.807) is 6.33 Å². The lowest BCUT2D eigenvalue weighted by Gasteiger charge is -2.00. The van der Waals surface area contributed by atoms with Crippen molar-refractivity contribution in [3.63, 3.8) is 0 Å². The number of aromatic nitrogens is 2. The van der Waals surface area contributed by atoms with E-state index in [1.165, 1.54) is 5.56 Å². The zero-order chi connectivity index (χ0) is 11.4. The topological polar surface area (TPSA) is 52.5 Å². The van der Waals surface area contributed by atoms with Crippen LogP contribution < -0.4 is 0 Å². The van der Waals surface area contributed by atoms with Crippen LogP contribution in [0.1, 0.15) is 17.0 Å². The number of halogens is 1. The van der Waals surface area contributed by atoms with Gasteiger partial charge in [-0.3, -0.25) is 0 Å². The average molecular weight is 232 g/mol. The van der Waals surface area contributed by atoms with Crippen LogP contribution in [-0.2, 0) is 12.8 Å². The SMILES string of the molecule is N#Cc1nc[nH]c1CCc1ccc(Cl)cc1. The van der Waals surface area contributed by atoms with Crippen molar-refractivity contribution >= 4 is 11.6 Å². The van der Waals surface area contributed by atoms with Crippen LogP contribution in [0.4, 0.5) is 0 Å². The Kier molecular flexibility index (Phi) is 3.23. The fraction of sp³-hybridized carbons (Fsp3) is 0.167. The minimum absolute atomic E-state index is 0.481. The molecular weight excluding hydrogens is 222 g/mol. The smallest absolute Gasteiger partial charge is 0.161 e. The fourth-order valence-corrected chi connectivity index (χ4v) is 1.65.